The Hall–Kier alpha value is -3.48. The van der Waals surface area contributed by atoms with Crippen LogP contribution in [0.25, 0.3) is 21.6 Å². The lowest BCUT2D eigenvalue weighted by Gasteiger charge is -2.30. The summed E-state index contributed by atoms with van der Waals surface area (Å²) in [7, 11) is -5.59. The van der Waals surface area contributed by atoms with Crippen molar-refractivity contribution < 1.29 is 31.4 Å². The van der Waals surface area contributed by atoms with Gasteiger partial charge in [-0.05, 0) is 37.1 Å². The molecule has 2 aromatic heterocycles. The van der Waals surface area contributed by atoms with Crippen LogP contribution < -0.4 is 9.46 Å². The first-order valence-corrected chi connectivity index (χ1v) is 13.8. The molecule has 0 unspecified atom stereocenters. The van der Waals surface area contributed by atoms with Gasteiger partial charge < -0.3 is 9.84 Å². The van der Waals surface area contributed by atoms with E-state index in [-0.39, 0.29) is 23.8 Å². The number of aliphatic hydroxyl groups is 1. The third-order valence-corrected chi connectivity index (χ3v) is 8.28. The van der Waals surface area contributed by atoms with E-state index in [0.29, 0.717) is 23.3 Å². The number of aliphatic hydroxyl groups excluding tert-OH is 1. The molecule has 0 fully saturated rings. The van der Waals surface area contributed by atoms with Crippen molar-refractivity contribution in [1.82, 2.24) is 9.97 Å². The Morgan fingerprint density at radius 1 is 1.08 bits per heavy atom. The van der Waals surface area contributed by atoms with Crippen LogP contribution in [0, 0.1) is 12.8 Å². The van der Waals surface area contributed by atoms with E-state index in [1.165, 1.54) is 18.2 Å². The highest BCUT2D eigenvalue weighted by molar-refractivity contribution is 7.93. The Balaban J connectivity index is 1.34. The summed E-state index contributed by atoms with van der Waals surface area (Å²) >= 11 is 1.58. The van der Waals surface area contributed by atoms with E-state index in [1.807, 2.05) is 25.3 Å². The lowest BCUT2D eigenvalue weighted by atomic mass is 9.88. The number of pyridine rings is 1. The molecule has 12 heteroatoms. The third-order valence-electron chi connectivity index (χ3n) is 6.22. The lowest BCUT2D eigenvalue weighted by molar-refractivity contribution is -0.0429. The first-order chi connectivity index (χ1) is 18.0. The van der Waals surface area contributed by atoms with Crippen LogP contribution in [0.3, 0.4) is 0 Å². The van der Waals surface area contributed by atoms with E-state index in [4.69, 9.17) is 4.74 Å². The number of aromatic nitrogens is 2. The number of sulfonamides is 1. The van der Waals surface area contributed by atoms with Gasteiger partial charge in [-0.1, -0.05) is 36.4 Å². The number of ether oxygens (including phenoxy) is 1. The number of rotatable bonds is 6. The largest absolute Gasteiger partial charge is 0.516 e. The lowest BCUT2D eigenvalue weighted by Crippen LogP contribution is -2.30. The Morgan fingerprint density at radius 3 is 2.53 bits per heavy atom. The maximum Gasteiger partial charge on any atom is 0.516 e. The number of para-hydroxylation sites is 1. The molecule has 5 rings (SSSR count). The molecule has 4 aromatic rings. The van der Waals surface area contributed by atoms with E-state index >= 15 is 0 Å². The van der Waals surface area contributed by atoms with Crippen LogP contribution in [0.4, 0.5) is 18.9 Å². The minimum atomic E-state index is -5.59. The predicted octanol–water partition coefficient (Wildman–Crippen LogP) is 5.73. The molecule has 0 radical (unpaired) electrons. The van der Waals surface area contributed by atoms with Crippen molar-refractivity contribution in [2.24, 2.45) is 5.92 Å². The van der Waals surface area contributed by atoms with Crippen molar-refractivity contribution in [3.8, 4) is 27.3 Å². The van der Waals surface area contributed by atoms with Crippen molar-refractivity contribution >= 4 is 27.0 Å². The number of hydrogen-bond donors (Lipinski definition) is 2. The number of anilines is 1. The molecule has 0 amide bonds. The van der Waals surface area contributed by atoms with Crippen molar-refractivity contribution in [2.75, 3.05) is 11.3 Å². The molecule has 0 saturated heterocycles. The van der Waals surface area contributed by atoms with Crippen LogP contribution in [0.1, 0.15) is 22.4 Å². The van der Waals surface area contributed by atoms with E-state index in [2.05, 4.69) is 9.97 Å². The zero-order valence-corrected chi connectivity index (χ0v) is 21.6. The van der Waals surface area contributed by atoms with E-state index in [9.17, 15) is 26.7 Å². The standard InChI is InChI=1S/C26H22F3N3O4S2/c1-15-30-13-24(37-15)17-6-8-19(31-12-17)10-18-14-36-23-11-16(7-9-21(23)25(18)33)20-4-2-3-5-22(20)32-38(34,35)26(27,28)29/h2-9,11-13,18,25,32-33H,10,14H2,1H3/t18-,25+/m0/s1. The van der Waals surface area contributed by atoms with Gasteiger partial charge in [0.05, 0.1) is 28.3 Å². The summed E-state index contributed by atoms with van der Waals surface area (Å²) in [4.78, 5) is 9.82. The van der Waals surface area contributed by atoms with Crippen molar-refractivity contribution in [2.45, 2.75) is 25.0 Å². The number of fused-ring (bicyclic) bond motifs is 1. The van der Waals surface area contributed by atoms with Gasteiger partial charge >= 0.3 is 15.5 Å². The maximum absolute atomic E-state index is 12.9. The number of thiazole rings is 1. The molecule has 2 atom stereocenters. The van der Waals surface area contributed by atoms with E-state index < -0.39 is 21.6 Å². The number of halogens is 3. The predicted molar refractivity (Wildman–Crippen MR) is 138 cm³/mol. The molecule has 2 N–H and O–H groups in total. The molecule has 2 aromatic carbocycles. The molecular weight excluding hydrogens is 539 g/mol. The van der Waals surface area contributed by atoms with Crippen LogP contribution in [0.2, 0.25) is 0 Å². The number of aryl methyl sites for hydroxylation is 1. The highest BCUT2D eigenvalue weighted by atomic mass is 32.2. The molecule has 0 spiro atoms. The van der Waals surface area contributed by atoms with Gasteiger partial charge in [-0.15, -0.1) is 11.3 Å². The second kappa shape index (κ2) is 10.0. The minimum Gasteiger partial charge on any atom is -0.493 e. The average Bonchev–Trinajstić information content (AvgIpc) is 3.31. The molecule has 0 bridgehead atoms. The van der Waals surface area contributed by atoms with Gasteiger partial charge in [-0.25, -0.2) is 4.98 Å². The minimum absolute atomic E-state index is 0.206. The van der Waals surface area contributed by atoms with Crippen LogP contribution in [-0.4, -0.2) is 35.6 Å². The molecule has 0 saturated carbocycles. The second-order valence-electron chi connectivity index (χ2n) is 8.85. The van der Waals surface area contributed by atoms with Gasteiger partial charge in [0.15, 0.2) is 0 Å². The highest BCUT2D eigenvalue weighted by Crippen LogP contribution is 2.41. The van der Waals surface area contributed by atoms with Gasteiger partial charge in [0.2, 0.25) is 0 Å². The van der Waals surface area contributed by atoms with Gasteiger partial charge in [0.1, 0.15) is 5.75 Å². The first kappa shape index (κ1) is 26.1. The van der Waals surface area contributed by atoms with Crippen LogP contribution >= 0.6 is 11.3 Å². The molecule has 7 nitrogen and oxygen atoms in total. The maximum atomic E-state index is 12.9. The summed E-state index contributed by atoms with van der Waals surface area (Å²) < 4.78 is 69.6. The fourth-order valence-corrected chi connectivity index (χ4v) is 5.62. The zero-order valence-electron chi connectivity index (χ0n) is 19.9. The average molecular weight is 562 g/mol. The van der Waals surface area contributed by atoms with Gasteiger partial charge in [-0.3, -0.25) is 9.71 Å². The molecule has 1 aliphatic heterocycles. The number of nitrogens with one attached hydrogen (secondary N) is 1. The van der Waals surface area contributed by atoms with Gasteiger partial charge in [-0.2, -0.15) is 21.6 Å². The molecule has 198 valence electrons. The Morgan fingerprint density at radius 2 is 1.84 bits per heavy atom. The van der Waals surface area contributed by atoms with E-state index in [1.54, 1.807) is 46.5 Å². The monoisotopic (exact) mass is 561 g/mol. The van der Waals surface area contributed by atoms with Crippen molar-refractivity contribution in [1.29, 1.82) is 0 Å². The molecule has 0 aliphatic carbocycles. The fourth-order valence-electron chi connectivity index (χ4n) is 4.26. The Bertz CT molecular complexity index is 1570. The van der Waals surface area contributed by atoms with Gasteiger partial charge in [0.25, 0.3) is 0 Å². The summed E-state index contributed by atoms with van der Waals surface area (Å²) in [5.74, 6) is 0.117. The van der Waals surface area contributed by atoms with E-state index in [0.717, 1.165) is 21.1 Å². The molecular formula is C26H22F3N3O4S2. The summed E-state index contributed by atoms with van der Waals surface area (Å²) in [5, 5.41) is 12.0. The highest BCUT2D eigenvalue weighted by Gasteiger charge is 2.46. The normalized spacial score (nSPS) is 17.5. The first-order valence-electron chi connectivity index (χ1n) is 11.5. The smallest absolute Gasteiger partial charge is 0.493 e. The summed E-state index contributed by atoms with van der Waals surface area (Å²) in [5.41, 5.74) is -2.69. The van der Waals surface area contributed by atoms with Gasteiger partial charge in [0, 0.05) is 40.7 Å². The molecule has 3 heterocycles. The zero-order chi connectivity index (χ0) is 27.1. The Labute approximate surface area is 221 Å². The molecule has 38 heavy (non-hydrogen) atoms. The quantitative estimate of drug-likeness (QED) is 0.312. The summed E-state index contributed by atoms with van der Waals surface area (Å²) in [6.07, 6.45) is 3.22. The molecule has 1 aliphatic rings. The van der Waals surface area contributed by atoms with Crippen LogP contribution in [0.5, 0.6) is 5.75 Å². The number of alkyl halides is 3. The van der Waals surface area contributed by atoms with Crippen molar-refractivity contribution in [3.05, 3.63) is 83.3 Å². The Kier molecular flexibility index (Phi) is 6.88. The topological polar surface area (TPSA) is 101 Å². The van der Waals surface area contributed by atoms with Crippen molar-refractivity contribution in [3.63, 3.8) is 0 Å². The number of benzene rings is 2. The SMILES string of the molecule is Cc1ncc(-c2ccc(C[C@H]3COc4cc(-c5ccccc5NS(=O)(=O)C(F)(F)F)ccc4[C@@H]3O)nc2)s1. The van der Waals surface area contributed by atoms with Crippen LogP contribution in [-0.2, 0) is 16.4 Å². The summed E-state index contributed by atoms with van der Waals surface area (Å²) in [6, 6.07) is 14.5. The fraction of sp³-hybridized carbons (Fsp3) is 0.231. The number of hydrogen-bond acceptors (Lipinski definition) is 7. The number of nitrogens with zero attached hydrogens (tertiary/aromatic N) is 2. The van der Waals surface area contributed by atoms with Crippen LogP contribution in [0.15, 0.2) is 67.0 Å². The third kappa shape index (κ3) is 5.24. The summed E-state index contributed by atoms with van der Waals surface area (Å²) in [6.45, 7) is 2.15. The second-order valence-corrected chi connectivity index (χ2v) is 11.8.